The molecular formula is C24H27N3O5. The van der Waals surface area contributed by atoms with Crippen molar-refractivity contribution in [2.75, 3.05) is 0 Å². The highest BCUT2D eigenvalue weighted by Gasteiger charge is 2.54. The van der Waals surface area contributed by atoms with Crippen LogP contribution in [0.2, 0.25) is 0 Å². The predicted octanol–water partition coefficient (Wildman–Crippen LogP) is 3.10. The standard InChI is InChI=1S/C24H27N3O5/c25-21(28)24(26-22(29)31-15-17-7-3-1-4-8-17)13-19-11-12-20(14-24)27(19)23(30)32-16-18-9-5-2-6-10-18/h1-10,19-20H,11-16H2,(H2,25,28)(H,26,29). The first-order valence-corrected chi connectivity index (χ1v) is 10.7. The largest absolute Gasteiger partial charge is 0.445 e. The van der Waals surface area contributed by atoms with Crippen molar-refractivity contribution < 1.29 is 23.9 Å². The van der Waals surface area contributed by atoms with Crippen molar-refractivity contribution in [2.24, 2.45) is 5.73 Å². The smallest absolute Gasteiger partial charge is 0.410 e. The molecule has 0 spiro atoms. The van der Waals surface area contributed by atoms with E-state index in [1.807, 2.05) is 60.7 Å². The van der Waals surface area contributed by atoms with E-state index in [4.69, 9.17) is 15.2 Å². The van der Waals surface area contributed by atoms with Crippen LogP contribution < -0.4 is 11.1 Å². The van der Waals surface area contributed by atoms with Gasteiger partial charge in [0, 0.05) is 24.9 Å². The van der Waals surface area contributed by atoms with Gasteiger partial charge in [0.05, 0.1) is 0 Å². The molecule has 168 valence electrons. The van der Waals surface area contributed by atoms with Crippen molar-refractivity contribution in [3.63, 3.8) is 0 Å². The number of nitrogens with zero attached hydrogens (tertiary/aromatic N) is 1. The van der Waals surface area contributed by atoms with Gasteiger partial charge in [-0.2, -0.15) is 0 Å². The zero-order chi connectivity index (χ0) is 22.6. The number of hydrogen-bond donors (Lipinski definition) is 2. The summed E-state index contributed by atoms with van der Waals surface area (Å²) < 4.78 is 10.8. The fourth-order valence-electron chi connectivity index (χ4n) is 4.66. The summed E-state index contributed by atoms with van der Waals surface area (Å²) in [4.78, 5) is 39.3. The molecule has 2 fully saturated rings. The molecule has 3 N–H and O–H groups in total. The average Bonchev–Trinajstić information content (AvgIpc) is 3.08. The second-order valence-corrected chi connectivity index (χ2v) is 8.37. The maximum Gasteiger partial charge on any atom is 0.410 e. The van der Waals surface area contributed by atoms with E-state index in [1.54, 1.807) is 4.90 Å². The molecule has 32 heavy (non-hydrogen) atoms. The molecule has 0 radical (unpaired) electrons. The van der Waals surface area contributed by atoms with Gasteiger partial charge in [0.25, 0.3) is 0 Å². The van der Waals surface area contributed by atoms with E-state index >= 15 is 0 Å². The molecule has 2 unspecified atom stereocenters. The van der Waals surface area contributed by atoms with Crippen molar-refractivity contribution in [1.29, 1.82) is 0 Å². The van der Waals surface area contributed by atoms with Crippen LogP contribution in [0.25, 0.3) is 0 Å². The van der Waals surface area contributed by atoms with Crippen LogP contribution in [0, 0.1) is 0 Å². The first kappa shape index (κ1) is 21.7. The monoisotopic (exact) mass is 437 g/mol. The number of piperidine rings is 1. The third-order valence-corrected chi connectivity index (χ3v) is 6.23. The maximum atomic E-state index is 12.8. The van der Waals surface area contributed by atoms with Crippen molar-refractivity contribution in [2.45, 2.75) is 56.5 Å². The van der Waals surface area contributed by atoms with Gasteiger partial charge < -0.3 is 25.4 Å². The van der Waals surface area contributed by atoms with Gasteiger partial charge in [0.2, 0.25) is 5.91 Å². The highest BCUT2D eigenvalue weighted by atomic mass is 16.6. The molecule has 8 nitrogen and oxygen atoms in total. The lowest BCUT2D eigenvalue weighted by Gasteiger charge is -2.44. The third kappa shape index (κ3) is 4.69. The Kier molecular flexibility index (Phi) is 6.30. The van der Waals surface area contributed by atoms with Crippen LogP contribution in [0.5, 0.6) is 0 Å². The molecular weight excluding hydrogens is 410 g/mol. The normalized spacial score (nSPS) is 23.9. The Morgan fingerprint density at radius 3 is 1.88 bits per heavy atom. The molecule has 8 heteroatoms. The van der Waals surface area contributed by atoms with E-state index in [9.17, 15) is 14.4 Å². The van der Waals surface area contributed by atoms with Gasteiger partial charge in [-0.05, 0) is 24.0 Å². The Balaban J connectivity index is 1.38. The summed E-state index contributed by atoms with van der Waals surface area (Å²) in [5.41, 5.74) is 6.21. The molecule has 2 heterocycles. The highest BCUT2D eigenvalue weighted by molar-refractivity contribution is 5.89. The first-order valence-electron chi connectivity index (χ1n) is 10.7. The summed E-state index contributed by atoms with van der Waals surface area (Å²) in [6, 6.07) is 18.2. The van der Waals surface area contributed by atoms with Crippen molar-refractivity contribution in [3.05, 3.63) is 71.8 Å². The zero-order valence-electron chi connectivity index (χ0n) is 17.7. The Morgan fingerprint density at radius 1 is 0.875 bits per heavy atom. The lowest BCUT2D eigenvalue weighted by Crippen LogP contribution is -2.65. The molecule has 0 saturated carbocycles. The molecule has 3 amide bonds. The van der Waals surface area contributed by atoms with E-state index < -0.39 is 23.6 Å². The molecule has 2 bridgehead atoms. The Labute approximate surface area is 186 Å². The van der Waals surface area contributed by atoms with Crippen LogP contribution >= 0.6 is 0 Å². The summed E-state index contributed by atoms with van der Waals surface area (Å²) in [6.07, 6.45) is 0.805. The van der Waals surface area contributed by atoms with E-state index in [0.29, 0.717) is 0 Å². The van der Waals surface area contributed by atoms with Gasteiger partial charge >= 0.3 is 12.2 Å². The lowest BCUT2D eigenvalue weighted by molar-refractivity contribution is -0.127. The number of rotatable bonds is 6. The minimum atomic E-state index is -1.25. The van der Waals surface area contributed by atoms with E-state index in [0.717, 1.165) is 24.0 Å². The third-order valence-electron chi connectivity index (χ3n) is 6.23. The van der Waals surface area contributed by atoms with Crippen LogP contribution in [0.1, 0.15) is 36.8 Å². The second-order valence-electron chi connectivity index (χ2n) is 8.37. The Bertz CT molecular complexity index is 952. The maximum absolute atomic E-state index is 12.8. The van der Waals surface area contributed by atoms with Crippen molar-refractivity contribution in [1.82, 2.24) is 10.2 Å². The quantitative estimate of drug-likeness (QED) is 0.721. The fourth-order valence-corrected chi connectivity index (χ4v) is 4.66. The number of primary amides is 1. The van der Waals surface area contributed by atoms with Crippen molar-refractivity contribution in [3.8, 4) is 0 Å². The van der Waals surface area contributed by atoms with Gasteiger partial charge in [-0.15, -0.1) is 0 Å². The lowest BCUT2D eigenvalue weighted by atomic mass is 9.82. The number of fused-ring (bicyclic) bond motifs is 2. The summed E-state index contributed by atoms with van der Waals surface area (Å²) in [5.74, 6) is -0.622. The number of hydrogen-bond acceptors (Lipinski definition) is 5. The number of amides is 3. The highest BCUT2D eigenvalue weighted by Crippen LogP contribution is 2.41. The second kappa shape index (κ2) is 9.30. The summed E-state index contributed by atoms with van der Waals surface area (Å²) >= 11 is 0. The number of carbonyl (C=O) groups excluding carboxylic acids is 3. The number of benzene rings is 2. The van der Waals surface area contributed by atoms with Gasteiger partial charge in [0.15, 0.2) is 0 Å². The van der Waals surface area contributed by atoms with Crippen LogP contribution in [0.15, 0.2) is 60.7 Å². The SMILES string of the molecule is NC(=O)C1(NC(=O)OCc2ccccc2)CC2CCC(C1)N2C(=O)OCc1ccccc1. The molecule has 2 aliphatic rings. The van der Waals surface area contributed by atoms with Gasteiger partial charge in [-0.3, -0.25) is 4.79 Å². The predicted molar refractivity (Wildman–Crippen MR) is 116 cm³/mol. The summed E-state index contributed by atoms with van der Waals surface area (Å²) in [6.45, 7) is 0.271. The molecule has 2 aliphatic heterocycles. The van der Waals surface area contributed by atoms with Crippen molar-refractivity contribution >= 4 is 18.1 Å². The number of carbonyl (C=O) groups is 3. The zero-order valence-corrected chi connectivity index (χ0v) is 17.7. The van der Waals surface area contributed by atoms with Crippen LogP contribution in [-0.4, -0.2) is 40.6 Å². The average molecular weight is 437 g/mol. The topological polar surface area (TPSA) is 111 Å². The first-order chi connectivity index (χ1) is 15.5. The Morgan fingerprint density at radius 2 is 1.38 bits per heavy atom. The van der Waals surface area contributed by atoms with E-state index in [1.165, 1.54) is 0 Å². The molecule has 4 rings (SSSR count). The number of nitrogens with two attached hydrogens (primary N) is 1. The summed E-state index contributed by atoms with van der Waals surface area (Å²) in [7, 11) is 0. The van der Waals surface area contributed by atoms with Crippen LogP contribution in [-0.2, 0) is 27.5 Å². The minimum Gasteiger partial charge on any atom is -0.445 e. The van der Waals surface area contributed by atoms with Gasteiger partial charge in [-0.1, -0.05) is 60.7 Å². The molecule has 2 saturated heterocycles. The number of ether oxygens (including phenoxy) is 2. The Hall–Kier alpha value is -3.55. The molecule has 0 aromatic heterocycles. The number of nitrogens with one attached hydrogen (secondary N) is 1. The number of alkyl carbamates (subject to hydrolysis) is 1. The molecule has 2 aromatic carbocycles. The van der Waals surface area contributed by atoms with Crippen LogP contribution in [0.3, 0.4) is 0 Å². The fraction of sp³-hybridized carbons (Fsp3) is 0.375. The molecule has 2 aromatic rings. The van der Waals surface area contributed by atoms with E-state index in [2.05, 4.69) is 5.32 Å². The summed E-state index contributed by atoms with van der Waals surface area (Å²) in [5, 5.41) is 2.71. The minimum absolute atomic E-state index is 0.0896. The van der Waals surface area contributed by atoms with Gasteiger partial charge in [0.1, 0.15) is 18.8 Å². The molecule has 2 atom stereocenters. The van der Waals surface area contributed by atoms with Gasteiger partial charge in [-0.25, -0.2) is 9.59 Å². The van der Waals surface area contributed by atoms with E-state index in [-0.39, 0.29) is 38.1 Å². The van der Waals surface area contributed by atoms with Crippen LogP contribution in [0.4, 0.5) is 9.59 Å². The molecule has 0 aliphatic carbocycles.